The number of unbranched alkanes of at least 4 members (excludes halogenated alkanes) is 3. The molecule has 5 aromatic carbocycles. The largest absolute Gasteiger partial charge is 0.507 e. The Balaban J connectivity index is 1.11. The van der Waals surface area contributed by atoms with E-state index in [1.54, 1.807) is 20.3 Å². The van der Waals surface area contributed by atoms with E-state index in [-0.39, 0.29) is 6.04 Å². The SMILES string of the molecule is COc1cccc2c(-c3cc(CNCCCCCCNS(=O)(=O)c4cccc5c(N(C)C)cccc45)c4c(c3O)[C@@H](C)N[C@H](C)C4)c(C)cc(OC)c12. The van der Waals surface area contributed by atoms with E-state index in [1.807, 2.05) is 67.5 Å². The average molecular weight is 739 g/mol. The molecule has 0 bridgehead atoms. The minimum absolute atomic E-state index is 0.000331. The smallest absolute Gasteiger partial charge is 0.241 e. The maximum atomic E-state index is 13.3. The number of hydrogen-bond acceptors (Lipinski definition) is 8. The fourth-order valence-corrected chi connectivity index (χ4v) is 9.38. The Morgan fingerprint density at radius 3 is 2.28 bits per heavy atom. The summed E-state index contributed by atoms with van der Waals surface area (Å²) in [6, 6.07) is 21.7. The number of rotatable bonds is 15. The Bertz CT molecular complexity index is 2220. The zero-order valence-corrected chi connectivity index (χ0v) is 32.9. The molecule has 0 amide bonds. The van der Waals surface area contributed by atoms with Gasteiger partial charge in [-0.15, -0.1) is 0 Å². The summed E-state index contributed by atoms with van der Waals surface area (Å²) < 4.78 is 40.9. The quantitative estimate of drug-likeness (QED) is 0.0801. The second kappa shape index (κ2) is 16.3. The number of methoxy groups -OCH3 is 2. The van der Waals surface area contributed by atoms with E-state index in [9.17, 15) is 13.5 Å². The number of aryl methyl sites for hydroxylation is 1. The summed E-state index contributed by atoms with van der Waals surface area (Å²) >= 11 is 0. The van der Waals surface area contributed by atoms with E-state index in [2.05, 4.69) is 48.3 Å². The minimum atomic E-state index is -3.64. The number of nitrogens with zero attached hydrogens (tertiary/aromatic N) is 1. The van der Waals surface area contributed by atoms with E-state index in [4.69, 9.17) is 9.47 Å². The van der Waals surface area contributed by atoms with Gasteiger partial charge < -0.3 is 30.1 Å². The van der Waals surface area contributed by atoms with Crippen LogP contribution in [0.5, 0.6) is 17.2 Å². The monoisotopic (exact) mass is 738 g/mol. The van der Waals surface area contributed by atoms with Gasteiger partial charge in [0.25, 0.3) is 0 Å². The fourth-order valence-electron chi connectivity index (χ4n) is 8.08. The molecule has 0 aromatic heterocycles. The number of phenolic OH excluding ortho intramolecular Hbond substituents is 1. The molecule has 0 fully saturated rings. The zero-order valence-electron chi connectivity index (χ0n) is 32.1. The molecule has 0 unspecified atom stereocenters. The van der Waals surface area contributed by atoms with Gasteiger partial charge >= 0.3 is 0 Å². The highest BCUT2D eigenvalue weighted by atomic mass is 32.2. The standard InChI is InChI=1S/C43H54N4O5S/c1-27-23-38(52-7)42-33(17-13-19-37(42)51-6)40(27)35-25-30(34-24-28(2)46-29(3)41(34)43(35)48)26-44-21-10-8-9-11-22-45-53(49,50)39-20-14-15-31-32(39)16-12-18-36(31)47(4)5/h12-20,23,25,28-29,44-46,48H,8-11,21-22,24,26H2,1-7H3/t28-,29-/m1/s1. The van der Waals surface area contributed by atoms with Gasteiger partial charge in [-0.3, -0.25) is 0 Å². The molecule has 9 nitrogen and oxygen atoms in total. The lowest BCUT2D eigenvalue weighted by Gasteiger charge is -2.33. The number of nitrogens with one attached hydrogen (secondary N) is 3. The van der Waals surface area contributed by atoms with Crippen molar-refractivity contribution >= 4 is 37.3 Å². The van der Waals surface area contributed by atoms with Crippen molar-refractivity contribution in [2.75, 3.05) is 46.3 Å². The van der Waals surface area contributed by atoms with E-state index in [0.29, 0.717) is 29.8 Å². The van der Waals surface area contributed by atoms with Crippen molar-refractivity contribution in [3.8, 4) is 28.4 Å². The maximum Gasteiger partial charge on any atom is 0.241 e. The Morgan fingerprint density at radius 2 is 1.55 bits per heavy atom. The highest BCUT2D eigenvalue weighted by Gasteiger charge is 2.29. The molecule has 53 heavy (non-hydrogen) atoms. The summed E-state index contributed by atoms with van der Waals surface area (Å²) in [7, 11) is 3.62. The van der Waals surface area contributed by atoms with Gasteiger partial charge in [0.2, 0.25) is 10.0 Å². The Hall–Kier alpha value is -4.35. The van der Waals surface area contributed by atoms with Crippen molar-refractivity contribution in [1.29, 1.82) is 0 Å². The number of hydrogen-bond donors (Lipinski definition) is 4. The second-order valence-corrected chi connectivity index (χ2v) is 16.2. The van der Waals surface area contributed by atoms with Crippen LogP contribution < -0.4 is 29.7 Å². The molecule has 4 N–H and O–H groups in total. The van der Waals surface area contributed by atoms with Gasteiger partial charge in [-0.2, -0.15) is 0 Å². The first-order valence-electron chi connectivity index (χ1n) is 18.6. The molecule has 0 aliphatic carbocycles. The van der Waals surface area contributed by atoms with Crippen LogP contribution in [0.4, 0.5) is 5.69 Å². The van der Waals surface area contributed by atoms with Crippen molar-refractivity contribution in [2.45, 2.75) is 76.4 Å². The first-order chi connectivity index (χ1) is 25.5. The molecular formula is C43H54N4O5S. The summed E-state index contributed by atoms with van der Waals surface area (Å²) in [4.78, 5) is 2.31. The number of fused-ring (bicyclic) bond motifs is 3. The summed E-state index contributed by atoms with van der Waals surface area (Å²) in [6.07, 6.45) is 4.51. The Kier molecular flexibility index (Phi) is 11.8. The highest BCUT2D eigenvalue weighted by molar-refractivity contribution is 7.89. The third-order valence-corrected chi connectivity index (χ3v) is 12.0. The topological polar surface area (TPSA) is 112 Å². The highest BCUT2D eigenvalue weighted by Crippen LogP contribution is 2.48. The molecular weight excluding hydrogens is 685 g/mol. The summed E-state index contributed by atoms with van der Waals surface area (Å²) in [5, 5.41) is 22.8. The van der Waals surface area contributed by atoms with Gasteiger partial charge in [0.05, 0.1) is 24.5 Å². The van der Waals surface area contributed by atoms with Crippen LogP contribution in [0.2, 0.25) is 0 Å². The number of benzene rings is 5. The average Bonchev–Trinajstić information content (AvgIpc) is 3.13. The van der Waals surface area contributed by atoms with Crippen molar-refractivity contribution in [3.05, 3.63) is 89.0 Å². The molecule has 0 saturated heterocycles. The zero-order chi connectivity index (χ0) is 37.9. The van der Waals surface area contributed by atoms with Crippen LogP contribution in [0.3, 0.4) is 0 Å². The summed E-state index contributed by atoms with van der Waals surface area (Å²) in [6.45, 7) is 8.31. The lowest BCUT2D eigenvalue weighted by atomic mass is 9.82. The van der Waals surface area contributed by atoms with Gasteiger partial charge in [0.1, 0.15) is 17.2 Å². The molecule has 10 heteroatoms. The number of sulfonamides is 1. The molecule has 1 aliphatic heterocycles. The predicted molar refractivity (Wildman–Crippen MR) is 217 cm³/mol. The van der Waals surface area contributed by atoms with Gasteiger partial charge in [-0.25, -0.2) is 13.1 Å². The normalized spacial score (nSPS) is 15.8. The van der Waals surface area contributed by atoms with E-state index in [0.717, 1.165) is 99.6 Å². The van der Waals surface area contributed by atoms with Crippen LogP contribution >= 0.6 is 0 Å². The van der Waals surface area contributed by atoms with Crippen molar-refractivity contribution in [3.63, 3.8) is 0 Å². The van der Waals surface area contributed by atoms with Crippen LogP contribution in [0.1, 0.15) is 67.8 Å². The van der Waals surface area contributed by atoms with E-state index in [1.165, 1.54) is 11.1 Å². The Labute approximate surface area is 314 Å². The first-order valence-corrected chi connectivity index (χ1v) is 20.1. The van der Waals surface area contributed by atoms with Crippen LogP contribution in [-0.4, -0.2) is 61.0 Å². The van der Waals surface area contributed by atoms with Crippen molar-refractivity contribution in [2.24, 2.45) is 0 Å². The molecule has 1 heterocycles. The number of aromatic hydroxyl groups is 1. The third-order valence-electron chi connectivity index (χ3n) is 10.5. The molecule has 5 aromatic rings. The lowest BCUT2D eigenvalue weighted by molar-refractivity contribution is 0.404. The van der Waals surface area contributed by atoms with E-state index < -0.39 is 10.0 Å². The van der Waals surface area contributed by atoms with Crippen molar-refractivity contribution < 1.29 is 23.0 Å². The van der Waals surface area contributed by atoms with Gasteiger partial charge in [0.15, 0.2) is 0 Å². The second-order valence-electron chi connectivity index (χ2n) is 14.5. The Morgan fingerprint density at radius 1 is 0.868 bits per heavy atom. The molecule has 1 aliphatic rings. The van der Waals surface area contributed by atoms with Crippen LogP contribution in [0.25, 0.3) is 32.7 Å². The molecule has 282 valence electrons. The van der Waals surface area contributed by atoms with Crippen molar-refractivity contribution in [1.82, 2.24) is 15.4 Å². The molecule has 2 atom stereocenters. The van der Waals surface area contributed by atoms with E-state index >= 15 is 0 Å². The van der Waals surface area contributed by atoms with Crippen LogP contribution in [-0.2, 0) is 23.0 Å². The summed E-state index contributed by atoms with van der Waals surface area (Å²) in [5.41, 5.74) is 7.16. The lowest BCUT2D eigenvalue weighted by Crippen LogP contribution is -2.37. The summed E-state index contributed by atoms with van der Waals surface area (Å²) in [5.74, 6) is 1.79. The minimum Gasteiger partial charge on any atom is -0.507 e. The van der Waals surface area contributed by atoms with Crippen LogP contribution in [0, 0.1) is 6.92 Å². The molecule has 6 rings (SSSR count). The van der Waals surface area contributed by atoms with Gasteiger partial charge in [0, 0.05) is 66.9 Å². The molecule has 0 spiro atoms. The third kappa shape index (κ3) is 7.82. The number of phenols is 1. The molecule has 0 saturated carbocycles. The number of ether oxygens (including phenoxy) is 2. The predicted octanol–water partition coefficient (Wildman–Crippen LogP) is 7.98. The fraction of sp³-hybridized carbons (Fsp3) is 0.395. The maximum absolute atomic E-state index is 13.3. The first kappa shape index (κ1) is 38.4. The van der Waals surface area contributed by atoms with Gasteiger partial charge in [-0.1, -0.05) is 49.2 Å². The van der Waals surface area contributed by atoms with Crippen LogP contribution in [0.15, 0.2) is 71.6 Å². The molecule has 0 radical (unpaired) electrons. The van der Waals surface area contributed by atoms with Gasteiger partial charge in [-0.05, 0) is 105 Å². The number of anilines is 1.